The number of rotatable bonds is 2. The van der Waals surface area contributed by atoms with Crippen LogP contribution in [0.2, 0.25) is 19.6 Å². The van der Waals surface area contributed by atoms with Crippen LogP contribution in [-0.2, 0) is 16.2 Å². The Morgan fingerprint density at radius 3 is 1.21 bits per heavy atom. The Labute approximate surface area is 164 Å². The molecule has 0 atom stereocenters. The molecule has 0 saturated carbocycles. The SMILES string of the molecule is CC(C)(C)c1cc(C(C)(C)C)c([N-][Si](C)(C)C)c(C(C)(C)C)c1.[Li+]. The molecule has 0 N–H and O–H groups in total. The minimum atomic E-state index is -1.56. The van der Waals surface area contributed by atoms with Crippen LogP contribution in [-0.4, -0.2) is 8.24 Å². The van der Waals surface area contributed by atoms with E-state index in [2.05, 4.69) is 94.1 Å². The summed E-state index contributed by atoms with van der Waals surface area (Å²) in [5.41, 5.74) is 5.82. The van der Waals surface area contributed by atoms with Crippen molar-refractivity contribution in [3.05, 3.63) is 33.8 Å². The molecule has 3 heteroatoms. The first kappa shape index (κ1) is 23.8. The van der Waals surface area contributed by atoms with E-state index in [1.807, 2.05) is 0 Å². The topological polar surface area (TPSA) is 14.1 Å². The molecule has 132 valence electrons. The van der Waals surface area contributed by atoms with E-state index in [-0.39, 0.29) is 35.1 Å². The fourth-order valence-corrected chi connectivity index (χ4v) is 3.58. The Kier molecular flexibility index (Phi) is 7.17. The third kappa shape index (κ3) is 6.28. The molecule has 1 rings (SSSR count). The van der Waals surface area contributed by atoms with E-state index >= 15 is 0 Å². The second-order valence-corrected chi connectivity index (χ2v) is 15.5. The van der Waals surface area contributed by atoms with Gasteiger partial charge in [0.2, 0.25) is 0 Å². The second-order valence-electron chi connectivity index (χ2n) is 11.0. The van der Waals surface area contributed by atoms with Crippen LogP contribution in [0.15, 0.2) is 12.1 Å². The van der Waals surface area contributed by atoms with E-state index < -0.39 is 8.24 Å². The summed E-state index contributed by atoms with van der Waals surface area (Å²) >= 11 is 0. The largest absolute Gasteiger partial charge is 1.00 e. The normalized spacial score (nSPS) is 13.5. The van der Waals surface area contributed by atoms with Gasteiger partial charge in [0.05, 0.1) is 0 Å². The summed E-state index contributed by atoms with van der Waals surface area (Å²) in [5.74, 6) is 0. The van der Waals surface area contributed by atoms with Crippen molar-refractivity contribution in [1.82, 2.24) is 0 Å². The maximum atomic E-state index is 5.29. The van der Waals surface area contributed by atoms with Gasteiger partial charge < -0.3 is 4.98 Å². The van der Waals surface area contributed by atoms with Gasteiger partial charge in [-0.3, -0.25) is 0 Å². The zero-order valence-corrected chi connectivity index (χ0v) is 19.6. The number of nitrogens with zero attached hydrogens (tertiary/aromatic N) is 1. The molecular weight excluding hydrogens is 301 g/mol. The number of benzene rings is 1. The van der Waals surface area contributed by atoms with Gasteiger partial charge in [0.1, 0.15) is 0 Å². The quantitative estimate of drug-likeness (QED) is 0.708. The molecule has 0 aromatic heterocycles. The first-order valence-corrected chi connectivity index (χ1v) is 12.3. The third-order valence-corrected chi connectivity index (χ3v) is 4.93. The Hall–Kier alpha value is -0.166. The number of hydrogen-bond acceptors (Lipinski definition) is 0. The zero-order chi connectivity index (χ0) is 18.4. The molecule has 1 aromatic rings. The van der Waals surface area contributed by atoms with E-state index in [9.17, 15) is 0 Å². The van der Waals surface area contributed by atoms with Crippen molar-refractivity contribution in [3.63, 3.8) is 0 Å². The Bertz CT molecular complexity index is 528. The van der Waals surface area contributed by atoms with Crippen LogP contribution in [0.4, 0.5) is 5.69 Å². The van der Waals surface area contributed by atoms with Gasteiger partial charge in [0, 0.05) is 0 Å². The van der Waals surface area contributed by atoms with Crippen LogP contribution in [0.1, 0.15) is 79.0 Å². The first-order chi connectivity index (χ1) is 9.93. The van der Waals surface area contributed by atoms with Gasteiger partial charge in [-0.25, -0.2) is 0 Å². The minimum Gasteiger partial charge on any atom is -0.687 e. The van der Waals surface area contributed by atoms with Gasteiger partial charge in [-0.2, -0.15) is 0 Å². The van der Waals surface area contributed by atoms with E-state index in [0.29, 0.717) is 0 Å². The van der Waals surface area contributed by atoms with E-state index in [1.165, 1.54) is 22.4 Å². The van der Waals surface area contributed by atoms with Crippen molar-refractivity contribution in [2.45, 2.75) is 98.2 Å². The molecule has 24 heavy (non-hydrogen) atoms. The van der Waals surface area contributed by atoms with Crippen molar-refractivity contribution in [3.8, 4) is 0 Å². The molecule has 0 amide bonds. The zero-order valence-electron chi connectivity index (χ0n) is 18.6. The summed E-state index contributed by atoms with van der Waals surface area (Å²) in [5, 5.41) is 0. The molecule has 0 spiro atoms. The van der Waals surface area contributed by atoms with E-state index in [4.69, 9.17) is 4.98 Å². The average Bonchev–Trinajstić information content (AvgIpc) is 2.21. The van der Waals surface area contributed by atoms with Crippen molar-refractivity contribution in [1.29, 1.82) is 0 Å². The van der Waals surface area contributed by atoms with Crippen LogP contribution in [0.25, 0.3) is 4.98 Å². The molecule has 0 heterocycles. The molecule has 0 fully saturated rings. The fraction of sp³-hybridized carbons (Fsp3) is 0.714. The molecule has 0 aliphatic heterocycles. The molecule has 0 aliphatic rings. The van der Waals surface area contributed by atoms with Crippen molar-refractivity contribution >= 4 is 13.9 Å². The minimum absolute atomic E-state index is 0. The van der Waals surface area contributed by atoms with E-state index in [0.717, 1.165) is 0 Å². The summed E-state index contributed by atoms with van der Waals surface area (Å²) in [6, 6.07) is 4.82. The predicted molar refractivity (Wildman–Crippen MR) is 109 cm³/mol. The fourth-order valence-electron chi connectivity index (χ4n) is 2.67. The molecule has 0 aliphatic carbocycles. The van der Waals surface area contributed by atoms with Crippen molar-refractivity contribution in [2.24, 2.45) is 0 Å². The third-order valence-electron chi connectivity index (χ3n) is 4.04. The molecule has 1 aromatic carbocycles. The van der Waals surface area contributed by atoms with Crippen molar-refractivity contribution < 1.29 is 18.9 Å². The summed E-state index contributed by atoms with van der Waals surface area (Å²) in [7, 11) is -1.56. The Balaban J connectivity index is 0.00000529. The number of hydrogen-bond donors (Lipinski definition) is 0. The maximum Gasteiger partial charge on any atom is 1.00 e. The van der Waals surface area contributed by atoms with Gasteiger partial charge in [-0.1, -0.05) is 105 Å². The molecule has 0 saturated heterocycles. The van der Waals surface area contributed by atoms with Crippen LogP contribution in [0.3, 0.4) is 0 Å². The second kappa shape index (κ2) is 7.22. The van der Waals surface area contributed by atoms with Crippen LogP contribution in [0, 0.1) is 0 Å². The summed E-state index contributed by atoms with van der Waals surface area (Å²) in [6.07, 6.45) is 0. The predicted octanol–water partition coefficient (Wildman–Crippen LogP) is 4.42. The standard InChI is InChI=1S/C21H38NSi.Li/c1-19(2,3)15-13-16(20(4,5)6)18(22-23(10,11)12)17(14-15)21(7,8)9;/h13-14H,1-12H3;/q-1;+1. The summed E-state index contributed by atoms with van der Waals surface area (Å²) in [6.45, 7) is 27.7. The molecule has 0 unspecified atom stereocenters. The molecule has 1 nitrogen and oxygen atoms in total. The Morgan fingerprint density at radius 2 is 1.00 bits per heavy atom. The monoisotopic (exact) mass is 339 g/mol. The summed E-state index contributed by atoms with van der Waals surface area (Å²) < 4.78 is 0. The summed E-state index contributed by atoms with van der Waals surface area (Å²) in [4.78, 5) is 5.29. The van der Waals surface area contributed by atoms with E-state index in [1.54, 1.807) is 0 Å². The first-order valence-electron chi connectivity index (χ1n) is 8.85. The van der Waals surface area contributed by atoms with Crippen LogP contribution in [0.5, 0.6) is 0 Å². The van der Waals surface area contributed by atoms with Gasteiger partial charge in [0.25, 0.3) is 0 Å². The smallest absolute Gasteiger partial charge is 0.687 e. The molecular formula is C21H38LiNSi. The Morgan fingerprint density at radius 1 is 0.667 bits per heavy atom. The molecule has 0 radical (unpaired) electrons. The van der Waals surface area contributed by atoms with Crippen molar-refractivity contribution in [2.75, 3.05) is 0 Å². The maximum absolute atomic E-state index is 5.29. The van der Waals surface area contributed by atoms with Crippen LogP contribution >= 0.6 is 0 Å². The van der Waals surface area contributed by atoms with Gasteiger partial charge in [-0.15, -0.1) is 5.69 Å². The molecule has 0 bridgehead atoms. The van der Waals surface area contributed by atoms with Gasteiger partial charge >= 0.3 is 18.9 Å². The average molecular weight is 340 g/mol. The van der Waals surface area contributed by atoms with Crippen LogP contribution < -0.4 is 18.9 Å². The van der Waals surface area contributed by atoms with Gasteiger partial charge in [0.15, 0.2) is 0 Å². The van der Waals surface area contributed by atoms with Gasteiger partial charge in [-0.05, 0) is 30.0 Å².